The summed E-state index contributed by atoms with van der Waals surface area (Å²) in [5.74, 6) is 0.105. The van der Waals surface area contributed by atoms with Crippen LogP contribution in [0.25, 0.3) is 0 Å². The van der Waals surface area contributed by atoms with Crippen molar-refractivity contribution in [1.29, 1.82) is 0 Å². The van der Waals surface area contributed by atoms with E-state index in [9.17, 15) is 4.79 Å². The number of nitrogens with one attached hydrogen (secondary N) is 3. The summed E-state index contributed by atoms with van der Waals surface area (Å²) in [6.45, 7) is 0. The number of ether oxygens (including phenoxy) is 1. The smallest absolute Gasteiger partial charge is 0.254 e. The Labute approximate surface area is 210 Å². The SMILES string of the molecule is COc1cc(Br)c(NC(=S)NC(NC(=O)c2ccccc2Cl)C(Cl)(Cl)Cl)c(Br)c1. The minimum atomic E-state index is -1.91. The van der Waals surface area contributed by atoms with Gasteiger partial charge in [0, 0.05) is 8.95 Å². The van der Waals surface area contributed by atoms with Gasteiger partial charge >= 0.3 is 0 Å². The maximum absolute atomic E-state index is 12.5. The van der Waals surface area contributed by atoms with E-state index in [2.05, 4.69) is 47.8 Å². The number of rotatable bonds is 5. The predicted molar refractivity (Wildman–Crippen MR) is 131 cm³/mol. The van der Waals surface area contributed by atoms with Gasteiger partial charge in [-0.2, -0.15) is 0 Å². The normalized spacial score (nSPS) is 12.1. The van der Waals surface area contributed by atoms with E-state index in [4.69, 9.17) is 63.4 Å². The monoisotopic (exact) mass is 621 g/mol. The Balaban J connectivity index is 2.16. The van der Waals surface area contributed by atoms with Crippen molar-refractivity contribution < 1.29 is 9.53 Å². The Bertz CT molecular complexity index is 905. The second-order valence-electron chi connectivity index (χ2n) is 5.49. The highest BCUT2D eigenvalue weighted by Gasteiger charge is 2.35. The molecule has 0 fully saturated rings. The van der Waals surface area contributed by atoms with Crippen molar-refractivity contribution in [2.75, 3.05) is 12.4 Å². The lowest BCUT2D eigenvalue weighted by atomic mass is 10.2. The number of hydrogen-bond donors (Lipinski definition) is 3. The number of methoxy groups -OCH3 is 1. The number of halogens is 6. The molecule has 0 bridgehead atoms. The molecule has 2 rings (SSSR count). The zero-order chi connectivity index (χ0) is 21.8. The van der Waals surface area contributed by atoms with Gasteiger partial charge in [0.25, 0.3) is 5.91 Å². The van der Waals surface area contributed by atoms with Crippen LogP contribution in [-0.4, -0.2) is 28.1 Å². The van der Waals surface area contributed by atoms with Crippen LogP contribution in [0.15, 0.2) is 45.3 Å². The minimum Gasteiger partial charge on any atom is -0.497 e. The van der Waals surface area contributed by atoms with Gasteiger partial charge in [-0.05, 0) is 68.3 Å². The summed E-state index contributed by atoms with van der Waals surface area (Å²) < 4.78 is 4.65. The summed E-state index contributed by atoms with van der Waals surface area (Å²) in [6.07, 6.45) is -1.15. The summed E-state index contributed by atoms with van der Waals surface area (Å²) in [5, 5.41) is 8.70. The van der Waals surface area contributed by atoms with Gasteiger partial charge in [0.1, 0.15) is 11.9 Å². The van der Waals surface area contributed by atoms with Gasteiger partial charge in [-0.25, -0.2) is 0 Å². The Kier molecular flexibility index (Phi) is 9.15. The van der Waals surface area contributed by atoms with Crippen molar-refractivity contribution in [3.05, 3.63) is 55.9 Å². The predicted octanol–water partition coefficient (Wildman–Crippen LogP) is 6.29. The van der Waals surface area contributed by atoms with Gasteiger partial charge < -0.3 is 20.7 Å². The first-order valence-corrected chi connectivity index (χ1v) is 11.3. The number of benzene rings is 2. The second kappa shape index (κ2) is 10.7. The molecule has 5 nitrogen and oxygen atoms in total. The van der Waals surface area contributed by atoms with Crippen molar-refractivity contribution in [1.82, 2.24) is 10.6 Å². The van der Waals surface area contributed by atoms with Crippen LogP contribution in [0.2, 0.25) is 5.02 Å². The Hall–Kier alpha value is -0.480. The zero-order valence-corrected chi connectivity index (χ0v) is 21.5. The van der Waals surface area contributed by atoms with Crippen molar-refractivity contribution in [3.8, 4) is 5.75 Å². The van der Waals surface area contributed by atoms with Crippen LogP contribution in [0, 0.1) is 0 Å². The van der Waals surface area contributed by atoms with Gasteiger partial charge in [-0.15, -0.1) is 0 Å². The van der Waals surface area contributed by atoms with Crippen molar-refractivity contribution in [2.45, 2.75) is 9.96 Å². The molecule has 2 aromatic rings. The molecule has 2 aromatic carbocycles. The van der Waals surface area contributed by atoms with Crippen LogP contribution >= 0.6 is 90.5 Å². The lowest BCUT2D eigenvalue weighted by Gasteiger charge is -2.28. The summed E-state index contributed by atoms with van der Waals surface area (Å²) in [7, 11) is 1.56. The highest BCUT2D eigenvalue weighted by Crippen LogP contribution is 2.35. The minimum absolute atomic E-state index is 0.104. The highest BCUT2D eigenvalue weighted by atomic mass is 79.9. The third-order valence-corrected chi connectivity index (χ3v) is 5.94. The number of hydrogen-bond acceptors (Lipinski definition) is 3. The molecule has 29 heavy (non-hydrogen) atoms. The van der Waals surface area contributed by atoms with Gasteiger partial charge in [0.2, 0.25) is 3.79 Å². The zero-order valence-electron chi connectivity index (χ0n) is 14.5. The van der Waals surface area contributed by atoms with Crippen molar-refractivity contribution in [3.63, 3.8) is 0 Å². The lowest BCUT2D eigenvalue weighted by molar-refractivity contribution is 0.0934. The third-order valence-electron chi connectivity index (χ3n) is 3.49. The largest absolute Gasteiger partial charge is 0.497 e. The molecule has 0 aliphatic carbocycles. The highest BCUT2D eigenvalue weighted by molar-refractivity contribution is 9.11. The fourth-order valence-electron chi connectivity index (χ4n) is 2.12. The number of alkyl halides is 3. The maximum atomic E-state index is 12.5. The molecule has 0 radical (unpaired) electrons. The Morgan fingerprint density at radius 1 is 1.14 bits per heavy atom. The second-order valence-corrected chi connectivity index (χ2v) is 10.4. The quantitative estimate of drug-likeness (QED) is 0.208. The molecule has 3 N–H and O–H groups in total. The molecular formula is C17H13Br2Cl4N3O2S. The average molecular weight is 625 g/mol. The van der Waals surface area contributed by atoms with E-state index in [0.29, 0.717) is 20.4 Å². The van der Waals surface area contributed by atoms with E-state index in [1.54, 1.807) is 43.5 Å². The number of carbonyl (C=O) groups is 1. The first-order valence-electron chi connectivity index (χ1n) is 7.75. The van der Waals surface area contributed by atoms with Crippen LogP contribution in [0.3, 0.4) is 0 Å². The van der Waals surface area contributed by atoms with Crippen LogP contribution in [0.4, 0.5) is 5.69 Å². The van der Waals surface area contributed by atoms with Crippen LogP contribution < -0.4 is 20.7 Å². The fourth-order valence-corrected chi connectivity index (χ4v) is 4.23. The molecule has 0 aromatic heterocycles. The molecular weight excluding hydrogens is 612 g/mol. The number of thiocarbonyl (C=S) groups is 1. The topological polar surface area (TPSA) is 62.4 Å². The van der Waals surface area contributed by atoms with Crippen LogP contribution in [0.5, 0.6) is 5.75 Å². The molecule has 1 amide bonds. The van der Waals surface area contributed by atoms with E-state index in [0.717, 1.165) is 0 Å². The molecule has 0 aliphatic rings. The first kappa shape index (κ1) is 24.8. The van der Waals surface area contributed by atoms with E-state index in [-0.39, 0.29) is 15.7 Å². The van der Waals surface area contributed by atoms with E-state index in [1.807, 2.05) is 0 Å². The Morgan fingerprint density at radius 2 is 1.72 bits per heavy atom. The molecule has 0 heterocycles. The number of carbonyl (C=O) groups excluding carboxylic acids is 1. The average Bonchev–Trinajstić information content (AvgIpc) is 2.63. The third kappa shape index (κ3) is 7.02. The fraction of sp³-hybridized carbons (Fsp3) is 0.176. The summed E-state index contributed by atoms with van der Waals surface area (Å²) in [5.41, 5.74) is 0.846. The Morgan fingerprint density at radius 3 is 2.24 bits per heavy atom. The van der Waals surface area contributed by atoms with Crippen LogP contribution in [0.1, 0.15) is 10.4 Å². The van der Waals surface area contributed by atoms with E-state index in [1.165, 1.54) is 0 Å². The molecule has 0 saturated heterocycles. The van der Waals surface area contributed by atoms with Crippen molar-refractivity contribution >= 4 is 107 Å². The van der Waals surface area contributed by atoms with Gasteiger partial charge in [-0.3, -0.25) is 4.79 Å². The van der Waals surface area contributed by atoms with Gasteiger partial charge in [0.05, 0.1) is 23.4 Å². The number of anilines is 1. The first-order chi connectivity index (χ1) is 13.5. The summed E-state index contributed by atoms with van der Waals surface area (Å²) in [4.78, 5) is 12.5. The van der Waals surface area contributed by atoms with Crippen molar-refractivity contribution in [2.24, 2.45) is 0 Å². The summed E-state index contributed by atoms with van der Waals surface area (Å²) in [6, 6.07) is 10.0. The molecule has 1 atom stereocenters. The molecule has 0 saturated carbocycles. The summed E-state index contributed by atoms with van der Waals surface area (Å²) >= 11 is 36.3. The van der Waals surface area contributed by atoms with Crippen LogP contribution in [-0.2, 0) is 0 Å². The lowest BCUT2D eigenvalue weighted by Crippen LogP contribution is -2.56. The molecule has 0 spiro atoms. The molecule has 1 unspecified atom stereocenters. The van der Waals surface area contributed by atoms with Gasteiger partial charge in [-0.1, -0.05) is 58.5 Å². The van der Waals surface area contributed by atoms with E-state index < -0.39 is 15.9 Å². The molecule has 12 heteroatoms. The van der Waals surface area contributed by atoms with Gasteiger partial charge in [0.15, 0.2) is 5.11 Å². The number of amides is 1. The standard InChI is InChI=1S/C17H13Br2Cl4N3O2S/c1-28-8-6-10(18)13(11(19)7-8)24-16(29)26-15(17(21,22)23)25-14(27)9-4-2-3-5-12(9)20/h2-7,15H,1H3,(H,25,27)(H2,24,26,29). The van der Waals surface area contributed by atoms with E-state index >= 15 is 0 Å². The molecule has 156 valence electrons. The maximum Gasteiger partial charge on any atom is 0.254 e. The molecule has 0 aliphatic heterocycles.